The highest BCUT2D eigenvalue weighted by Crippen LogP contribution is 2.51. The zero-order chi connectivity index (χ0) is 22.1. The Morgan fingerprint density at radius 1 is 1.25 bits per heavy atom. The third-order valence-electron chi connectivity index (χ3n) is 5.79. The largest absolute Gasteiger partial charge is 0.454 e. The molecule has 1 atom stereocenters. The van der Waals surface area contributed by atoms with Crippen molar-refractivity contribution in [2.24, 2.45) is 0 Å². The lowest BCUT2D eigenvalue weighted by Crippen LogP contribution is -2.27. The van der Waals surface area contributed by atoms with Crippen LogP contribution in [-0.2, 0) is 14.9 Å². The molecular weight excluding hydrogens is 448 g/mol. The summed E-state index contributed by atoms with van der Waals surface area (Å²) in [6.07, 6.45) is 3.90. The number of carbonyl (C=O) groups excluding carboxylic acids is 1. The Bertz CT molecular complexity index is 1140. The second-order valence-electron chi connectivity index (χ2n) is 7.94. The fourth-order valence-electron chi connectivity index (χ4n) is 3.90. The van der Waals surface area contributed by atoms with Gasteiger partial charge in [0.25, 0.3) is 0 Å². The van der Waals surface area contributed by atoms with Gasteiger partial charge in [-0.25, -0.2) is 4.98 Å². The number of halogens is 1. The summed E-state index contributed by atoms with van der Waals surface area (Å²) >= 11 is 7.84. The first-order valence-electron chi connectivity index (χ1n) is 10.6. The molecule has 8 heteroatoms. The zero-order valence-electron chi connectivity index (χ0n) is 17.6. The molecule has 0 radical (unpaired) electrons. The van der Waals surface area contributed by atoms with Gasteiger partial charge in [-0.2, -0.15) is 0 Å². The molecule has 1 saturated carbocycles. The molecule has 2 aliphatic rings. The normalized spacial score (nSPS) is 16.6. The van der Waals surface area contributed by atoms with Gasteiger partial charge in [-0.1, -0.05) is 54.1 Å². The number of nitrogens with one attached hydrogen (secondary N) is 1. The van der Waals surface area contributed by atoms with E-state index in [4.69, 9.17) is 25.8 Å². The van der Waals surface area contributed by atoms with Crippen LogP contribution in [0.15, 0.2) is 48.7 Å². The first kappa shape index (κ1) is 21.2. The first-order chi connectivity index (χ1) is 15.6. The van der Waals surface area contributed by atoms with Crippen LogP contribution in [0.3, 0.4) is 0 Å². The van der Waals surface area contributed by atoms with Crippen molar-refractivity contribution < 1.29 is 19.0 Å². The Morgan fingerprint density at radius 2 is 2.06 bits per heavy atom. The van der Waals surface area contributed by atoms with E-state index in [-0.39, 0.29) is 18.8 Å². The van der Waals surface area contributed by atoms with Crippen LogP contribution < -0.4 is 14.8 Å². The molecule has 1 unspecified atom stereocenters. The molecule has 6 nitrogen and oxygen atoms in total. The predicted octanol–water partition coefficient (Wildman–Crippen LogP) is 5.71. The SMILES string of the molecule is CCCOC(c1cnc(NC(=O)C2(c3ccc4c(c3)OCO4)CC2)s1)c1ccccc1Cl. The number of fused-ring (bicyclic) bond motifs is 1. The minimum atomic E-state index is -0.548. The standard InChI is InChI=1S/C24H23ClN2O4S/c1-2-11-29-21(16-5-3-4-6-17(16)25)20-13-26-23(32-20)27-22(28)24(9-10-24)15-7-8-18-19(12-15)31-14-30-18/h3-8,12-13,21H,2,9-11,14H2,1H3,(H,26,27,28). The van der Waals surface area contributed by atoms with Crippen LogP contribution in [0.4, 0.5) is 5.13 Å². The Hall–Kier alpha value is -2.61. The number of rotatable bonds is 8. The summed E-state index contributed by atoms with van der Waals surface area (Å²) in [4.78, 5) is 18.6. The average molecular weight is 471 g/mol. The molecule has 1 aliphatic carbocycles. The van der Waals surface area contributed by atoms with Crippen molar-refractivity contribution >= 4 is 34.0 Å². The van der Waals surface area contributed by atoms with Crippen molar-refractivity contribution in [1.29, 1.82) is 0 Å². The van der Waals surface area contributed by atoms with Gasteiger partial charge in [-0.15, -0.1) is 0 Å². The van der Waals surface area contributed by atoms with Crippen molar-refractivity contribution in [3.63, 3.8) is 0 Å². The van der Waals surface area contributed by atoms with Gasteiger partial charge in [-0.05, 0) is 43.0 Å². The van der Waals surface area contributed by atoms with Crippen LogP contribution >= 0.6 is 22.9 Å². The maximum absolute atomic E-state index is 13.2. The number of anilines is 1. The predicted molar refractivity (Wildman–Crippen MR) is 124 cm³/mol. The van der Waals surface area contributed by atoms with E-state index in [1.807, 2.05) is 42.5 Å². The molecule has 2 heterocycles. The van der Waals surface area contributed by atoms with Gasteiger partial charge in [-0.3, -0.25) is 4.79 Å². The van der Waals surface area contributed by atoms with Gasteiger partial charge >= 0.3 is 0 Å². The van der Waals surface area contributed by atoms with E-state index in [0.717, 1.165) is 35.3 Å². The van der Waals surface area contributed by atoms with E-state index in [1.165, 1.54) is 11.3 Å². The van der Waals surface area contributed by atoms with Crippen LogP contribution in [0.2, 0.25) is 5.02 Å². The zero-order valence-corrected chi connectivity index (χ0v) is 19.2. The highest BCUT2D eigenvalue weighted by Gasteiger charge is 2.52. The Balaban J connectivity index is 1.35. The molecule has 1 fully saturated rings. The highest BCUT2D eigenvalue weighted by atomic mass is 35.5. The van der Waals surface area contributed by atoms with Crippen LogP contribution in [0.1, 0.15) is 48.3 Å². The lowest BCUT2D eigenvalue weighted by Gasteiger charge is -2.17. The van der Waals surface area contributed by atoms with Crippen LogP contribution in [-0.4, -0.2) is 24.3 Å². The lowest BCUT2D eigenvalue weighted by molar-refractivity contribution is -0.118. The van der Waals surface area contributed by atoms with E-state index in [9.17, 15) is 4.79 Å². The van der Waals surface area contributed by atoms with E-state index in [0.29, 0.717) is 28.3 Å². The summed E-state index contributed by atoms with van der Waals surface area (Å²) in [7, 11) is 0. The Labute approximate surface area is 195 Å². The molecule has 5 rings (SSSR count). The monoisotopic (exact) mass is 470 g/mol. The average Bonchev–Trinajstić information content (AvgIpc) is 3.26. The van der Waals surface area contributed by atoms with Gasteiger partial charge in [0, 0.05) is 23.4 Å². The molecule has 166 valence electrons. The summed E-state index contributed by atoms with van der Waals surface area (Å²) in [6, 6.07) is 13.4. The summed E-state index contributed by atoms with van der Waals surface area (Å²) in [5, 5.41) is 4.21. The molecule has 1 N–H and O–H groups in total. The summed E-state index contributed by atoms with van der Waals surface area (Å²) in [5.41, 5.74) is 1.28. The molecule has 1 aromatic heterocycles. The Morgan fingerprint density at radius 3 is 2.84 bits per heavy atom. The van der Waals surface area contributed by atoms with Gasteiger partial charge in [0.15, 0.2) is 16.6 Å². The topological polar surface area (TPSA) is 69.7 Å². The fourth-order valence-corrected chi connectivity index (χ4v) is 5.01. The van der Waals surface area contributed by atoms with E-state index >= 15 is 0 Å². The van der Waals surface area contributed by atoms with Crippen molar-refractivity contribution in [2.45, 2.75) is 37.7 Å². The number of hydrogen-bond acceptors (Lipinski definition) is 6. The highest BCUT2D eigenvalue weighted by molar-refractivity contribution is 7.15. The van der Waals surface area contributed by atoms with Gasteiger partial charge < -0.3 is 19.5 Å². The minimum absolute atomic E-state index is 0.0546. The van der Waals surface area contributed by atoms with Gasteiger partial charge in [0.05, 0.1) is 10.3 Å². The summed E-state index contributed by atoms with van der Waals surface area (Å²) in [6.45, 7) is 2.88. The van der Waals surface area contributed by atoms with Crippen molar-refractivity contribution in [1.82, 2.24) is 4.98 Å². The number of hydrogen-bond donors (Lipinski definition) is 1. The van der Waals surface area contributed by atoms with Gasteiger partial charge in [0.2, 0.25) is 12.7 Å². The molecule has 2 aromatic carbocycles. The molecule has 32 heavy (non-hydrogen) atoms. The molecule has 1 aliphatic heterocycles. The van der Waals surface area contributed by atoms with Crippen molar-refractivity contribution in [3.8, 4) is 11.5 Å². The maximum atomic E-state index is 13.2. The van der Waals surface area contributed by atoms with Gasteiger partial charge in [0.1, 0.15) is 6.10 Å². The first-order valence-corrected chi connectivity index (χ1v) is 11.8. The molecule has 1 amide bonds. The smallest absolute Gasteiger partial charge is 0.236 e. The lowest BCUT2D eigenvalue weighted by atomic mass is 9.94. The van der Waals surface area contributed by atoms with Crippen molar-refractivity contribution in [3.05, 3.63) is 69.7 Å². The van der Waals surface area contributed by atoms with E-state index in [1.54, 1.807) is 6.20 Å². The molecular formula is C24H23ClN2O4S. The van der Waals surface area contributed by atoms with Crippen LogP contribution in [0.25, 0.3) is 0 Å². The molecule has 0 spiro atoms. The summed E-state index contributed by atoms with van der Waals surface area (Å²) in [5.74, 6) is 1.35. The number of aromatic nitrogens is 1. The number of amides is 1. The second-order valence-corrected chi connectivity index (χ2v) is 9.41. The van der Waals surface area contributed by atoms with E-state index in [2.05, 4.69) is 17.2 Å². The van der Waals surface area contributed by atoms with Crippen LogP contribution in [0, 0.1) is 0 Å². The number of nitrogens with zero attached hydrogens (tertiary/aromatic N) is 1. The second kappa shape index (κ2) is 8.73. The summed E-state index contributed by atoms with van der Waals surface area (Å²) < 4.78 is 17.0. The quantitative estimate of drug-likeness (QED) is 0.456. The fraction of sp³-hybridized carbons (Fsp3) is 0.333. The number of thiazole rings is 1. The molecule has 0 saturated heterocycles. The molecule has 0 bridgehead atoms. The third kappa shape index (κ3) is 3.96. The van der Waals surface area contributed by atoms with Crippen LogP contribution in [0.5, 0.6) is 11.5 Å². The minimum Gasteiger partial charge on any atom is -0.454 e. The molecule has 3 aromatic rings. The van der Waals surface area contributed by atoms with Crippen molar-refractivity contribution in [2.75, 3.05) is 18.7 Å². The third-order valence-corrected chi connectivity index (χ3v) is 7.09. The Kier molecular flexibility index (Phi) is 5.80. The number of ether oxygens (including phenoxy) is 3. The van der Waals surface area contributed by atoms with E-state index < -0.39 is 5.41 Å². The number of carbonyl (C=O) groups is 1. The number of benzene rings is 2. The maximum Gasteiger partial charge on any atom is 0.236 e.